The highest BCUT2D eigenvalue weighted by molar-refractivity contribution is 14.1. The van der Waals surface area contributed by atoms with E-state index in [9.17, 15) is 9.59 Å². The van der Waals surface area contributed by atoms with Crippen molar-refractivity contribution in [3.63, 3.8) is 0 Å². The molecule has 4 heterocycles. The molecule has 4 aliphatic rings. The molecule has 0 bridgehead atoms. The number of halogens is 2. The molecule has 60 heavy (non-hydrogen) atoms. The summed E-state index contributed by atoms with van der Waals surface area (Å²) in [7, 11) is 0. The van der Waals surface area contributed by atoms with Gasteiger partial charge >= 0.3 is 5.97 Å². The van der Waals surface area contributed by atoms with Crippen LogP contribution in [-0.4, -0.2) is 69.3 Å². The molecular weight excluding hydrogens is 939 g/mol. The Morgan fingerprint density at radius 3 is 2.07 bits per heavy atom. The largest absolute Gasteiger partial charge is 0.490 e. The van der Waals surface area contributed by atoms with Gasteiger partial charge in [0.1, 0.15) is 11.5 Å². The average molecular weight is 992 g/mol. The summed E-state index contributed by atoms with van der Waals surface area (Å²) in [5, 5.41) is 19.0. The minimum atomic E-state index is -0.239. The number of ether oxygens (including phenoxy) is 3. The third kappa shape index (κ3) is 9.77. The van der Waals surface area contributed by atoms with Crippen molar-refractivity contribution in [2.45, 2.75) is 121 Å². The minimum Gasteiger partial charge on any atom is -0.490 e. The molecule has 2 aromatic carbocycles. The first-order chi connectivity index (χ1) is 29.3. The third-order valence-corrected chi connectivity index (χ3v) is 13.5. The van der Waals surface area contributed by atoms with Crippen molar-refractivity contribution in [1.82, 2.24) is 34.2 Å². The number of carbonyl (C=O) groups excluding carboxylic acids is 2. The van der Waals surface area contributed by atoms with Crippen LogP contribution in [0.25, 0.3) is 27.5 Å². The maximum atomic E-state index is 13.3. The van der Waals surface area contributed by atoms with E-state index in [2.05, 4.69) is 81.7 Å². The Bertz CT molecular complexity index is 2460. The Kier molecular flexibility index (Phi) is 12.6. The van der Waals surface area contributed by atoms with Crippen LogP contribution in [-0.2, 0) is 9.53 Å². The normalized spacial score (nSPS) is 21.7. The second-order valence-corrected chi connectivity index (χ2v) is 18.8. The Balaban J connectivity index is 0.000000160. The van der Waals surface area contributed by atoms with Crippen LogP contribution in [0.4, 0.5) is 5.82 Å². The van der Waals surface area contributed by atoms with Crippen molar-refractivity contribution in [2.75, 3.05) is 16.4 Å². The summed E-state index contributed by atoms with van der Waals surface area (Å²) in [6, 6.07) is 12.5. The lowest BCUT2D eigenvalue weighted by atomic mass is 9.84. The van der Waals surface area contributed by atoms with Gasteiger partial charge in [0.15, 0.2) is 11.5 Å². The van der Waals surface area contributed by atoms with Gasteiger partial charge in [-0.2, -0.15) is 19.8 Å². The average Bonchev–Trinajstić information content (AvgIpc) is 4.13. The minimum absolute atomic E-state index is 0.0613. The quantitative estimate of drug-likeness (QED) is 0.0680. The van der Waals surface area contributed by atoms with Crippen molar-refractivity contribution in [1.29, 1.82) is 0 Å². The lowest BCUT2D eigenvalue weighted by Crippen LogP contribution is -2.21. The molecule has 0 aliphatic heterocycles. The molecular formula is C45H52BrIN8O5. The number of aromatic nitrogens is 7. The number of nitrogens with one attached hydrogen (secondary N) is 1. The number of amides is 1. The number of hydrogen-bond acceptors (Lipinski definition) is 9. The number of hydrogen-bond donors (Lipinski definition) is 1. The Morgan fingerprint density at radius 1 is 0.817 bits per heavy atom. The van der Waals surface area contributed by atoms with E-state index in [1.807, 2.05) is 37.3 Å². The SMILES string of the molecule is CCOC(=O)CC1CCC(n2cc3cc(Br)c(OC4CC4)cc3n2)CC1.O=C(Nc1cnc2cccnn12)c1cc2cn(C3CCC(CCI)CC3)nc2cc1OC1CC1. The van der Waals surface area contributed by atoms with Crippen molar-refractivity contribution in [2.24, 2.45) is 11.8 Å². The van der Waals surface area contributed by atoms with Gasteiger partial charge < -0.3 is 19.5 Å². The Morgan fingerprint density at radius 2 is 1.43 bits per heavy atom. The molecule has 1 amide bonds. The molecule has 316 valence electrons. The molecule has 4 fully saturated rings. The number of carbonyl (C=O) groups is 2. The first-order valence-corrected chi connectivity index (χ1v) is 24.0. The molecule has 4 saturated carbocycles. The number of benzene rings is 2. The van der Waals surface area contributed by atoms with Crippen LogP contribution < -0.4 is 14.8 Å². The van der Waals surface area contributed by atoms with E-state index in [4.69, 9.17) is 24.4 Å². The van der Waals surface area contributed by atoms with E-state index >= 15 is 0 Å². The lowest BCUT2D eigenvalue weighted by molar-refractivity contribution is -0.144. The molecule has 0 atom stereocenters. The molecule has 0 unspecified atom stereocenters. The summed E-state index contributed by atoms with van der Waals surface area (Å²) in [5.74, 6) is 3.00. The van der Waals surface area contributed by atoms with E-state index in [1.165, 1.54) is 23.7 Å². The fraction of sp³-hybridized carbons (Fsp3) is 0.511. The summed E-state index contributed by atoms with van der Waals surface area (Å²) in [6.45, 7) is 2.33. The summed E-state index contributed by atoms with van der Waals surface area (Å²) in [5.41, 5.74) is 3.04. The molecule has 0 spiro atoms. The van der Waals surface area contributed by atoms with Gasteiger partial charge in [0.25, 0.3) is 5.91 Å². The number of anilines is 1. The van der Waals surface area contributed by atoms with Gasteiger partial charge in [0.05, 0.1) is 58.2 Å². The topological polar surface area (TPSA) is 140 Å². The van der Waals surface area contributed by atoms with E-state index in [0.29, 0.717) is 59.9 Å². The molecule has 0 saturated heterocycles. The summed E-state index contributed by atoms with van der Waals surface area (Å²) in [6.07, 6.45) is 23.3. The lowest BCUT2D eigenvalue weighted by Gasteiger charge is -2.28. The van der Waals surface area contributed by atoms with E-state index in [-0.39, 0.29) is 18.0 Å². The fourth-order valence-corrected chi connectivity index (χ4v) is 9.94. The predicted octanol–water partition coefficient (Wildman–Crippen LogP) is 10.5. The van der Waals surface area contributed by atoms with E-state index in [0.717, 1.165) is 102 Å². The molecule has 4 aromatic heterocycles. The number of imidazole rings is 1. The van der Waals surface area contributed by atoms with Gasteiger partial charge in [0.2, 0.25) is 0 Å². The highest BCUT2D eigenvalue weighted by atomic mass is 127. The van der Waals surface area contributed by atoms with Gasteiger partial charge in [-0.15, -0.1) is 0 Å². The zero-order chi connectivity index (χ0) is 41.2. The van der Waals surface area contributed by atoms with E-state index in [1.54, 1.807) is 16.9 Å². The van der Waals surface area contributed by atoms with E-state index < -0.39 is 0 Å². The maximum absolute atomic E-state index is 13.3. The van der Waals surface area contributed by atoms with Crippen LogP contribution in [0.2, 0.25) is 0 Å². The number of fused-ring (bicyclic) bond motifs is 3. The zero-order valence-electron chi connectivity index (χ0n) is 34.0. The Labute approximate surface area is 371 Å². The fourth-order valence-electron chi connectivity index (χ4n) is 8.61. The summed E-state index contributed by atoms with van der Waals surface area (Å²) < 4.78 is 25.2. The highest BCUT2D eigenvalue weighted by Gasteiger charge is 2.29. The second-order valence-electron chi connectivity index (χ2n) is 16.8. The van der Waals surface area contributed by atoms with Gasteiger partial charge in [-0.05, 0) is 147 Å². The van der Waals surface area contributed by atoms with Gasteiger partial charge in [-0.25, -0.2) is 4.98 Å². The van der Waals surface area contributed by atoms with Crippen LogP contribution in [0.1, 0.15) is 119 Å². The first-order valence-electron chi connectivity index (χ1n) is 21.7. The standard InChI is InChI=1S/C25H27IN6O2.C20H25BrN2O3/c26-10-9-16-3-5-18(6-4-16)31-15-17-12-20(22(13-21(17)30-31)34-19-7-8-19)25(33)29-24-14-27-23-2-1-11-28-32(23)24;1-2-25-20(24)9-13-3-5-15(6-4-13)23-12-14-10-17(21)19(11-18(14)22-23)26-16-7-8-16/h1-2,11-16,18-19H,3-10H2,(H,29,33);10-13,15-16H,2-9H2,1H3. The van der Waals surface area contributed by atoms with Crippen LogP contribution in [0.15, 0.2) is 65.7 Å². The predicted molar refractivity (Wildman–Crippen MR) is 242 cm³/mol. The number of esters is 1. The van der Waals surface area contributed by atoms with Crippen molar-refractivity contribution >= 4 is 83.7 Å². The molecule has 6 aromatic rings. The monoisotopic (exact) mass is 990 g/mol. The maximum Gasteiger partial charge on any atom is 0.306 e. The zero-order valence-corrected chi connectivity index (χ0v) is 37.7. The summed E-state index contributed by atoms with van der Waals surface area (Å²) in [4.78, 5) is 29.3. The molecule has 15 heteroatoms. The van der Waals surface area contributed by atoms with Gasteiger partial charge in [0, 0.05) is 47.9 Å². The Hall–Kier alpha value is -4.25. The van der Waals surface area contributed by atoms with Crippen molar-refractivity contribution in [3.8, 4) is 11.5 Å². The highest BCUT2D eigenvalue weighted by Crippen LogP contribution is 2.39. The third-order valence-electron chi connectivity index (χ3n) is 12.3. The molecule has 4 aliphatic carbocycles. The number of alkyl halides is 1. The van der Waals surface area contributed by atoms with Crippen LogP contribution in [0, 0.1) is 11.8 Å². The van der Waals surface area contributed by atoms with Crippen molar-refractivity contribution < 1.29 is 23.8 Å². The number of nitrogens with zero attached hydrogens (tertiary/aromatic N) is 7. The smallest absolute Gasteiger partial charge is 0.306 e. The molecule has 0 radical (unpaired) electrons. The van der Waals surface area contributed by atoms with Gasteiger partial charge in [-0.3, -0.25) is 19.0 Å². The first kappa shape index (κ1) is 41.1. The van der Waals surface area contributed by atoms with Gasteiger partial charge in [-0.1, -0.05) is 22.6 Å². The summed E-state index contributed by atoms with van der Waals surface area (Å²) >= 11 is 6.10. The van der Waals surface area contributed by atoms with Crippen molar-refractivity contribution in [3.05, 3.63) is 71.2 Å². The van der Waals surface area contributed by atoms with Crippen LogP contribution >= 0.6 is 38.5 Å². The second kappa shape index (κ2) is 18.4. The number of rotatable bonds is 13. The molecule has 13 nitrogen and oxygen atoms in total. The molecule has 10 rings (SSSR count). The van der Waals surface area contributed by atoms with Crippen LogP contribution in [0.3, 0.4) is 0 Å². The van der Waals surface area contributed by atoms with Crippen LogP contribution in [0.5, 0.6) is 11.5 Å². The molecule has 1 N–H and O–H groups in total.